The number of ether oxygens (including phenoxy) is 1. The SMILES string of the molecule is CCOc1nc(C)cc(N)c1CC. The number of nitrogen functional groups attached to an aromatic ring is 1. The van der Waals surface area contributed by atoms with Crippen LogP contribution < -0.4 is 10.5 Å². The highest BCUT2D eigenvalue weighted by Gasteiger charge is 2.07. The van der Waals surface area contributed by atoms with Gasteiger partial charge in [-0.05, 0) is 26.3 Å². The van der Waals surface area contributed by atoms with Crippen LogP contribution in [0.3, 0.4) is 0 Å². The maximum atomic E-state index is 5.84. The summed E-state index contributed by atoms with van der Waals surface area (Å²) in [7, 11) is 0. The Balaban J connectivity index is 3.13. The Kier molecular flexibility index (Phi) is 3.12. The van der Waals surface area contributed by atoms with Crippen LogP contribution in [-0.4, -0.2) is 11.6 Å². The molecule has 1 aromatic rings. The molecule has 0 aliphatic heterocycles. The second-order valence-electron chi connectivity index (χ2n) is 2.92. The molecule has 3 heteroatoms. The van der Waals surface area contributed by atoms with Gasteiger partial charge in [0.05, 0.1) is 6.61 Å². The van der Waals surface area contributed by atoms with Crippen molar-refractivity contribution in [3.8, 4) is 5.88 Å². The van der Waals surface area contributed by atoms with Gasteiger partial charge in [-0.3, -0.25) is 0 Å². The molecule has 0 unspecified atom stereocenters. The van der Waals surface area contributed by atoms with E-state index in [4.69, 9.17) is 10.5 Å². The standard InChI is InChI=1S/C10H16N2O/c1-4-8-9(11)6-7(3)12-10(8)13-5-2/h6H,4-5H2,1-3H3,(H2,11,12). The van der Waals surface area contributed by atoms with Gasteiger partial charge in [-0.1, -0.05) is 6.92 Å². The summed E-state index contributed by atoms with van der Waals surface area (Å²) < 4.78 is 5.40. The fourth-order valence-electron chi connectivity index (χ4n) is 1.31. The molecule has 2 N–H and O–H groups in total. The van der Waals surface area contributed by atoms with Crippen LogP contribution in [0, 0.1) is 6.92 Å². The number of hydrogen-bond acceptors (Lipinski definition) is 3. The van der Waals surface area contributed by atoms with Crippen molar-refractivity contribution in [3.63, 3.8) is 0 Å². The molecule has 0 atom stereocenters. The van der Waals surface area contributed by atoms with E-state index in [1.54, 1.807) is 0 Å². The second kappa shape index (κ2) is 4.12. The fraction of sp³-hybridized carbons (Fsp3) is 0.500. The summed E-state index contributed by atoms with van der Waals surface area (Å²) in [6.07, 6.45) is 0.856. The van der Waals surface area contributed by atoms with Gasteiger partial charge in [0.25, 0.3) is 0 Å². The number of nitrogens with zero attached hydrogens (tertiary/aromatic N) is 1. The van der Waals surface area contributed by atoms with E-state index in [0.717, 1.165) is 23.4 Å². The molecule has 0 aliphatic carbocycles. The molecular weight excluding hydrogens is 164 g/mol. The minimum Gasteiger partial charge on any atom is -0.478 e. The summed E-state index contributed by atoms with van der Waals surface area (Å²) in [6, 6.07) is 1.88. The number of aryl methyl sites for hydroxylation is 1. The highest BCUT2D eigenvalue weighted by molar-refractivity contribution is 5.52. The summed E-state index contributed by atoms with van der Waals surface area (Å²) >= 11 is 0. The van der Waals surface area contributed by atoms with Crippen LogP contribution in [0.2, 0.25) is 0 Å². The van der Waals surface area contributed by atoms with Gasteiger partial charge in [0, 0.05) is 16.9 Å². The van der Waals surface area contributed by atoms with E-state index in [9.17, 15) is 0 Å². The zero-order valence-corrected chi connectivity index (χ0v) is 8.42. The van der Waals surface area contributed by atoms with Crippen molar-refractivity contribution in [2.24, 2.45) is 0 Å². The summed E-state index contributed by atoms with van der Waals surface area (Å²) in [5.74, 6) is 0.683. The van der Waals surface area contributed by atoms with Crippen LogP contribution in [0.4, 0.5) is 5.69 Å². The molecule has 0 saturated heterocycles. The van der Waals surface area contributed by atoms with Crippen LogP contribution in [-0.2, 0) is 6.42 Å². The Morgan fingerprint density at radius 3 is 2.69 bits per heavy atom. The van der Waals surface area contributed by atoms with Crippen molar-refractivity contribution < 1.29 is 4.74 Å². The lowest BCUT2D eigenvalue weighted by molar-refractivity contribution is 0.323. The molecule has 1 rings (SSSR count). The first kappa shape index (κ1) is 9.84. The summed E-state index contributed by atoms with van der Waals surface area (Å²) in [4.78, 5) is 4.29. The lowest BCUT2D eigenvalue weighted by Gasteiger charge is -2.10. The van der Waals surface area contributed by atoms with Crippen molar-refractivity contribution in [1.29, 1.82) is 0 Å². The highest BCUT2D eigenvalue weighted by atomic mass is 16.5. The number of rotatable bonds is 3. The van der Waals surface area contributed by atoms with E-state index in [-0.39, 0.29) is 0 Å². The first-order chi connectivity index (χ1) is 6.19. The van der Waals surface area contributed by atoms with E-state index in [2.05, 4.69) is 4.98 Å². The molecule has 1 heterocycles. The summed E-state index contributed by atoms with van der Waals surface area (Å²) in [5.41, 5.74) is 8.53. The molecule has 0 aromatic carbocycles. The minimum atomic E-state index is 0.628. The smallest absolute Gasteiger partial charge is 0.218 e. The molecule has 72 valence electrons. The first-order valence-corrected chi connectivity index (χ1v) is 4.57. The molecule has 13 heavy (non-hydrogen) atoms. The zero-order valence-electron chi connectivity index (χ0n) is 8.42. The lowest BCUT2D eigenvalue weighted by atomic mass is 10.1. The van der Waals surface area contributed by atoms with Crippen molar-refractivity contribution in [2.45, 2.75) is 27.2 Å². The maximum Gasteiger partial charge on any atom is 0.218 e. The summed E-state index contributed by atoms with van der Waals surface area (Å²) in [6.45, 7) is 6.53. The van der Waals surface area contributed by atoms with Gasteiger partial charge in [0.15, 0.2) is 0 Å². The average molecular weight is 180 g/mol. The van der Waals surface area contributed by atoms with Gasteiger partial charge >= 0.3 is 0 Å². The average Bonchev–Trinajstić information content (AvgIpc) is 2.04. The van der Waals surface area contributed by atoms with E-state index in [1.165, 1.54) is 0 Å². The van der Waals surface area contributed by atoms with Crippen LogP contribution in [0.25, 0.3) is 0 Å². The largest absolute Gasteiger partial charge is 0.478 e. The van der Waals surface area contributed by atoms with Gasteiger partial charge < -0.3 is 10.5 Å². The van der Waals surface area contributed by atoms with Crippen LogP contribution in [0.5, 0.6) is 5.88 Å². The van der Waals surface area contributed by atoms with Gasteiger partial charge in [0.1, 0.15) is 0 Å². The van der Waals surface area contributed by atoms with Gasteiger partial charge in [-0.2, -0.15) is 0 Å². The molecule has 0 bridgehead atoms. The third-order valence-electron chi connectivity index (χ3n) is 1.88. The monoisotopic (exact) mass is 180 g/mol. The minimum absolute atomic E-state index is 0.628. The highest BCUT2D eigenvalue weighted by Crippen LogP contribution is 2.23. The molecule has 0 radical (unpaired) electrons. The normalized spacial score (nSPS) is 10.1. The Bertz CT molecular complexity index is 297. The third-order valence-corrected chi connectivity index (χ3v) is 1.88. The maximum absolute atomic E-state index is 5.84. The molecule has 0 saturated carbocycles. The molecule has 0 aliphatic rings. The van der Waals surface area contributed by atoms with E-state index in [0.29, 0.717) is 12.5 Å². The predicted octanol–water partition coefficient (Wildman–Crippen LogP) is 1.93. The number of hydrogen-bond donors (Lipinski definition) is 1. The fourth-order valence-corrected chi connectivity index (χ4v) is 1.31. The van der Waals surface area contributed by atoms with Gasteiger partial charge in [-0.25, -0.2) is 4.98 Å². The Morgan fingerprint density at radius 2 is 2.15 bits per heavy atom. The Labute approximate surface area is 78.9 Å². The molecular formula is C10H16N2O. The van der Waals surface area contributed by atoms with E-state index < -0.39 is 0 Å². The number of aromatic nitrogens is 1. The topological polar surface area (TPSA) is 48.1 Å². The summed E-state index contributed by atoms with van der Waals surface area (Å²) in [5, 5.41) is 0. The van der Waals surface area contributed by atoms with Crippen LogP contribution in [0.1, 0.15) is 25.1 Å². The van der Waals surface area contributed by atoms with E-state index in [1.807, 2.05) is 26.8 Å². The quantitative estimate of drug-likeness (QED) is 0.773. The van der Waals surface area contributed by atoms with Crippen LogP contribution in [0.15, 0.2) is 6.07 Å². The third kappa shape index (κ3) is 2.11. The second-order valence-corrected chi connectivity index (χ2v) is 2.92. The Morgan fingerprint density at radius 1 is 1.46 bits per heavy atom. The number of nitrogens with two attached hydrogens (primary N) is 1. The molecule has 0 spiro atoms. The van der Waals surface area contributed by atoms with Crippen molar-refractivity contribution in [3.05, 3.63) is 17.3 Å². The Hall–Kier alpha value is -1.25. The first-order valence-electron chi connectivity index (χ1n) is 4.57. The zero-order chi connectivity index (χ0) is 9.84. The van der Waals surface area contributed by atoms with Crippen LogP contribution >= 0.6 is 0 Å². The predicted molar refractivity (Wildman–Crippen MR) is 53.9 cm³/mol. The van der Waals surface area contributed by atoms with Crippen molar-refractivity contribution >= 4 is 5.69 Å². The molecule has 3 nitrogen and oxygen atoms in total. The van der Waals surface area contributed by atoms with Crippen molar-refractivity contribution in [2.75, 3.05) is 12.3 Å². The number of pyridine rings is 1. The van der Waals surface area contributed by atoms with Gasteiger partial charge in [-0.15, -0.1) is 0 Å². The molecule has 0 fully saturated rings. The number of anilines is 1. The molecule has 1 aromatic heterocycles. The molecule has 0 amide bonds. The van der Waals surface area contributed by atoms with Crippen molar-refractivity contribution in [1.82, 2.24) is 4.98 Å². The van der Waals surface area contributed by atoms with Gasteiger partial charge in [0.2, 0.25) is 5.88 Å². The van der Waals surface area contributed by atoms with E-state index >= 15 is 0 Å². The lowest BCUT2D eigenvalue weighted by Crippen LogP contribution is -2.03.